The molecule has 1 aromatic heterocycles. The lowest BCUT2D eigenvalue weighted by atomic mass is 10.0. The topological polar surface area (TPSA) is 43.8 Å². The molecule has 1 saturated carbocycles. The number of rotatable bonds is 4. The average Bonchev–Trinajstić information content (AvgIpc) is 3.22. The first-order valence-electron chi connectivity index (χ1n) is 7.58. The lowest BCUT2D eigenvalue weighted by Crippen LogP contribution is -2.06. The normalized spacial score (nSPS) is 15.0. The van der Waals surface area contributed by atoms with Crippen molar-refractivity contribution in [3.8, 4) is 11.3 Å². The van der Waals surface area contributed by atoms with Gasteiger partial charge in [0.1, 0.15) is 17.3 Å². The van der Waals surface area contributed by atoms with Crippen molar-refractivity contribution in [2.45, 2.75) is 52.0 Å². The Labute approximate surface area is 120 Å². The molecule has 106 valence electrons. The molecule has 1 aromatic carbocycles. The summed E-state index contributed by atoms with van der Waals surface area (Å²) < 4.78 is 2.14. The van der Waals surface area contributed by atoms with Crippen molar-refractivity contribution in [3.05, 3.63) is 35.7 Å². The van der Waals surface area contributed by atoms with Gasteiger partial charge in [-0.25, -0.2) is 4.98 Å². The summed E-state index contributed by atoms with van der Waals surface area (Å²) in [5.74, 6) is 2.99. The van der Waals surface area contributed by atoms with E-state index in [4.69, 9.17) is 10.7 Å². The van der Waals surface area contributed by atoms with Crippen LogP contribution in [0.2, 0.25) is 0 Å². The number of benzene rings is 1. The predicted molar refractivity (Wildman–Crippen MR) is 83.8 cm³/mol. The fourth-order valence-electron chi connectivity index (χ4n) is 2.92. The van der Waals surface area contributed by atoms with Crippen molar-refractivity contribution in [1.29, 1.82) is 0 Å². The van der Waals surface area contributed by atoms with Crippen LogP contribution in [0.1, 0.15) is 56.8 Å². The van der Waals surface area contributed by atoms with Crippen molar-refractivity contribution in [2.24, 2.45) is 0 Å². The average molecular weight is 269 g/mol. The van der Waals surface area contributed by atoms with Crippen molar-refractivity contribution in [3.63, 3.8) is 0 Å². The van der Waals surface area contributed by atoms with Gasteiger partial charge in [-0.15, -0.1) is 0 Å². The van der Waals surface area contributed by atoms with Crippen molar-refractivity contribution in [2.75, 3.05) is 5.73 Å². The number of nitrogens with two attached hydrogens (primary N) is 1. The minimum atomic E-state index is 0.388. The highest BCUT2D eigenvalue weighted by Crippen LogP contribution is 2.45. The maximum atomic E-state index is 6.37. The van der Waals surface area contributed by atoms with E-state index in [1.165, 1.54) is 24.0 Å². The van der Waals surface area contributed by atoms with Crippen LogP contribution in [-0.2, 0) is 6.54 Å². The van der Waals surface area contributed by atoms with Gasteiger partial charge in [-0.1, -0.05) is 38.1 Å². The highest BCUT2D eigenvalue weighted by atomic mass is 15.1. The SMILES string of the molecule is CCn1c(C(C)C)nc(-c2ccccc2C2CC2)c1N. The van der Waals surface area contributed by atoms with Crippen LogP contribution >= 0.6 is 0 Å². The fourth-order valence-corrected chi connectivity index (χ4v) is 2.92. The summed E-state index contributed by atoms with van der Waals surface area (Å²) in [5.41, 5.74) is 9.98. The molecule has 0 amide bonds. The van der Waals surface area contributed by atoms with Crippen LogP contribution < -0.4 is 5.73 Å². The van der Waals surface area contributed by atoms with Gasteiger partial charge in [0.25, 0.3) is 0 Å². The Morgan fingerprint density at radius 3 is 2.55 bits per heavy atom. The van der Waals surface area contributed by atoms with Crippen LogP contribution in [0.25, 0.3) is 11.3 Å². The Morgan fingerprint density at radius 1 is 1.30 bits per heavy atom. The highest BCUT2D eigenvalue weighted by molar-refractivity contribution is 5.74. The molecule has 20 heavy (non-hydrogen) atoms. The van der Waals surface area contributed by atoms with Gasteiger partial charge in [0.05, 0.1) is 0 Å². The van der Waals surface area contributed by atoms with Gasteiger partial charge in [0.2, 0.25) is 0 Å². The minimum absolute atomic E-state index is 0.388. The first kappa shape index (κ1) is 13.2. The Kier molecular flexibility index (Phi) is 3.28. The highest BCUT2D eigenvalue weighted by Gasteiger charge is 2.28. The zero-order valence-corrected chi connectivity index (χ0v) is 12.6. The van der Waals surface area contributed by atoms with Crippen LogP contribution in [-0.4, -0.2) is 9.55 Å². The number of hydrogen-bond donors (Lipinski definition) is 1. The maximum absolute atomic E-state index is 6.37. The van der Waals surface area contributed by atoms with Gasteiger partial charge < -0.3 is 10.3 Å². The summed E-state index contributed by atoms with van der Waals surface area (Å²) in [5, 5.41) is 0. The molecule has 0 saturated heterocycles. The van der Waals surface area contributed by atoms with Gasteiger partial charge in [0, 0.05) is 18.0 Å². The number of nitrogens with zero attached hydrogens (tertiary/aromatic N) is 2. The molecule has 3 rings (SSSR count). The van der Waals surface area contributed by atoms with E-state index in [1.54, 1.807) is 0 Å². The van der Waals surface area contributed by atoms with E-state index in [0.717, 1.165) is 23.9 Å². The minimum Gasteiger partial charge on any atom is -0.383 e. The van der Waals surface area contributed by atoms with Gasteiger partial charge >= 0.3 is 0 Å². The molecule has 0 atom stereocenters. The van der Waals surface area contributed by atoms with Crippen molar-refractivity contribution < 1.29 is 0 Å². The standard InChI is InChI=1S/C17H23N3/c1-4-20-16(18)15(19-17(20)11(2)3)14-8-6-5-7-13(14)12-9-10-12/h5-8,11-12H,4,9-10,18H2,1-3H3. The lowest BCUT2D eigenvalue weighted by Gasteiger charge is -2.09. The summed E-state index contributed by atoms with van der Waals surface area (Å²) in [6.07, 6.45) is 2.59. The number of anilines is 1. The quantitative estimate of drug-likeness (QED) is 0.906. The molecule has 1 fully saturated rings. The van der Waals surface area contributed by atoms with E-state index in [1.807, 2.05) is 0 Å². The molecule has 3 heteroatoms. The Balaban J connectivity index is 2.15. The summed E-state index contributed by atoms with van der Waals surface area (Å²) in [4.78, 5) is 4.86. The number of nitrogen functional groups attached to an aromatic ring is 1. The largest absolute Gasteiger partial charge is 0.383 e. The van der Waals surface area contributed by atoms with Crippen LogP contribution in [0.4, 0.5) is 5.82 Å². The first-order valence-corrected chi connectivity index (χ1v) is 7.58. The molecule has 0 bridgehead atoms. The molecule has 0 radical (unpaired) electrons. The third-order valence-electron chi connectivity index (χ3n) is 4.10. The fraction of sp³-hybridized carbons (Fsp3) is 0.471. The molecule has 2 aromatic rings. The van der Waals surface area contributed by atoms with E-state index < -0.39 is 0 Å². The molecule has 0 spiro atoms. The molecular formula is C17H23N3. The monoisotopic (exact) mass is 269 g/mol. The van der Waals surface area contributed by atoms with Gasteiger partial charge in [-0.05, 0) is 31.2 Å². The maximum Gasteiger partial charge on any atom is 0.131 e. The first-order chi connectivity index (χ1) is 9.63. The molecule has 0 unspecified atom stereocenters. The number of aromatic nitrogens is 2. The Hall–Kier alpha value is -1.77. The molecule has 2 N–H and O–H groups in total. The molecule has 1 aliphatic carbocycles. The van der Waals surface area contributed by atoms with E-state index in [9.17, 15) is 0 Å². The van der Waals surface area contributed by atoms with Crippen LogP contribution in [0.3, 0.4) is 0 Å². The van der Waals surface area contributed by atoms with Crippen molar-refractivity contribution in [1.82, 2.24) is 9.55 Å². The van der Waals surface area contributed by atoms with Crippen molar-refractivity contribution >= 4 is 5.82 Å². The summed E-state index contributed by atoms with van der Waals surface area (Å²) in [6, 6.07) is 8.59. The lowest BCUT2D eigenvalue weighted by molar-refractivity contribution is 0.658. The zero-order valence-electron chi connectivity index (χ0n) is 12.6. The van der Waals surface area contributed by atoms with E-state index in [0.29, 0.717) is 11.8 Å². The number of hydrogen-bond acceptors (Lipinski definition) is 2. The van der Waals surface area contributed by atoms with Crippen LogP contribution in [0.15, 0.2) is 24.3 Å². The predicted octanol–water partition coefficient (Wildman–Crippen LogP) is 4.15. The zero-order chi connectivity index (χ0) is 14.3. The molecule has 1 heterocycles. The summed E-state index contributed by atoms with van der Waals surface area (Å²) >= 11 is 0. The summed E-state index contributed by atoms with van der Waals surface area (Å²) in [7, 11) is 0. The smallest absolute Gasteiger partial charge is 0.131 e. The van der Waals surface area contributed by atoms with Crippen LogP contribution in [0, 0.1) is 0 Å². The number of imidazole rings is 1. The second-order valence-corrected chi connectivity index (χ2v) is 5.96. The Bertz CT molecular complexity index is 621. The molecular weight excluding hydrogens is 246 g/mol. The molecule has 3 nitrogen and oxygen atoms in total. The third-order valence-corrected chi connectivity index (χ3v) is 4.10. The third kappa shape index (κ3) is 2.11. The molecule has 0 aliphatic heterocycles. The summed E-state index contributed by atoms with van der Waals surface area (Å²) in [6.45, 7) is 7.34. The van der Waals surface area contributed by atoms with E-state index in [2.05, 4.69) is 49.6 Å². The van der Waals surface area contributed by atoms with Gasteiger partial charge in [-0.2, -0.15) is 0 Å². The van der Waals surface area contributed by atoms with E-state index in [-0.39, 0.29) is 0 Å². The van der Waals surface area contributed by atoms with Gasteiger partial charge in [-0.3, -0.25) is 0 Å². The van der Waals surface area contributed by atoms with Crippen LogP contribution in [0.5, 0.6) is 0 Å². The second-order valence-electron chi connectivity index (χ2n) is 5.96. The Morgan fingerprint density at radius 2 is 2.00 bits per heavy atom. The second kappa shape index (κ2) is 4.97. The van der Waals surface area contributed by atoms with Gasteiger partial charge in [0.15, 0.2) is 0 Å². The molecule has 1 aliphatic rings. The van der Waals surface area contributed by atoms with E-state index >= 15 is 0 Å².